The van der Waals surface area contributed by atoms with Gasteiger partial charge >= 0.3 is 0 Å². The lowest BCUT2D eigenvalue weighted by molar-refractivity contribution is 0.0992. The smallest absolute Gasteiger partial charge is 0.268 e. The second-order valence-electron chi connectivity index (χ2n) is 3.49. The van der Waals surface area contributed by atoms with Crippen LogP contribution in [0.4, 0.5) is 9.52 Å². The van der Waals surface area contributed by atoms with Crippen molar-refractivity contribution in [3.63, 3.8) is 0 Å². The lowest BCUT2D eigenvalue weighted by Crippen LogP contribution is -2.14. The first-order valence-corrected chi connectivity index (χ1v) is 6.25. The standard InChI is InChI=1S/C11H7ClFN3O2S/c12-6-3-5(1-2-7(6)13)10(18)16-11-15-8(4-19-11)9(14)17/h1-4H,(H2,14,17)(H,15,16,18). The molecule has 0 bridgehead atoms. The van der Waals surface area contributed by atoms with Gasteiger partial charge in [-0.05, 0) is 18.2 Å². The maximum Gasteiger partial charge on any atom is 0.268 e. The van der Waals surface area contributed by atoms with Gasteiger partial charge in [-0.3, -0.25) is 14.9 Å². The highest BCUT2D eigenvalue weighted by atomic mass is 35.5. The maximum atomic E-state index is 13.0. The predicted molar refractivity (Wildman–Crippen MR) is 70.0 cm³/mol. The number of carbonyl (C=O) groups excluding carboxylic acids is 2. The minimum absolute atomic E-state index is 0.0671. The van der Waals surface area contributed by atoms with E-state index in [1.165, 1.54) is 17.5 Å². The van der Waals surface area contributed by atoms with E-state index in [-0.39, 0.29) is 21.4 Å². The van der Waals surface area contributed by atoms with E-state index in [2.05, 4.69) is 10.3 Å². The van der Waals surface area contributed by atoms with Crippen molar-refractivity contribution in [2.75, 3.05) is 5.32 Å². The quantitative estimate of drug-likeness (QED) is 0.912. The maximum absolute atomic E-state index is 13.0. The molecule has 98 valence electrons. The molecule has 0 aliphatic carbocycles. The van der Waals surface area contributed by atoms with E-state index in [1.54, 1.807) is 0 Å². The van der Waals surface area contributed by atoms with Gasteiger partial charge in [0.15, 0.2) is 5.13 Å². The van der Waals surface area contributed by atoms with Crippen molar-refractivity contribution in [3.05, 3.63) is 45.7 Å². The van der Waals surface area contributed by atoms with Gasteiger partial charge in [0.1, 0.15) is 11.5 Å². The molecule has 0 fully saturated rings. The molecular weight excluding hydrogens is 293 g/mol. The number of anilines is 1. The summed E-state index contributed by atoms with van der Waals surface area (Å²) in [5.74, 6) is -1.79. The van der Waals surface area contributed by atoms with Crippen LogP contribution in [0.5, 0.6) is 0 Å². The molecule has 0 aliphatic heterocycles. The van der Waals surface area contributed by atoms with Crippen molar-refractivity contribution in [1.82, 2.24) is 4.98 Å². The monoisotopic (exact) mass is 299 g/mol. The van der Waals surface area contributed by atoms with Gasteiger partial charge in [0.05, 0.1) is 5.02 Å². The molecular formula is C11H7ClFN3O2S. The molecule has 0 saturated carbocycles. The number of thiazole rings is 1. The number of benzene rings is 1. The molecule has 0 spiro atoms. The van der Waals surface area contributed by atoms with Gasteiger partial charge in [0.2, 0.25) is 0 Å². The number of primary amides is 1. The minimum atomic E-state index is -0.679. The average molecular weight is 300 g/mol. The Kier molecular flexibility index (Phi) is 3.77. The number of hydrogen-bond acceptors (Lipinski definition) is 4. The first kappa shape index (κ1) is 13.4. The predicted octanol–water partition coefficient (Wildman–Crippen LogP) is 2.29. The number of nitrogens with one attached hydrogen (secondary N) is 1. The molecule has 0 aliphatic rings. The molecule has 2 amide bonds. The van der Waals surface area contributed by atoms with Crippen LogP contribution in [-0.2, 0) is 0 Å². The normalized spacial score (nSPS) is 10.2. The average Bonchev–Trinajstić information content (AvgIpc) is 2.81. The SMILES string of the molecule is NC(=O)c1csc(NC(=O)c2ccc(F)c(Cl)c2)n1. The molecule has 2 aromatic rings. The highest BCUT2D eigenvalue weighted by molar-refractivity contribution is 7.14. The van der Waals surface area contributed by atoms with Gasteiger partial charge in [0.25, 0.3) is 11.8 Å². The summed E-state index contributed by atoms with van der Waals surface area (Å²) in [4.78, 5) is 26.5. The first-order valence-electron chi connectivity index (χ1n) is 4.99. The van der Waals surface area contributed by atoms with Crippen LogP contribution in [0.3, 0.4) is 0 Å². The molecule has 1 aromatic carbocycles. The summed E-state index contributed by atoms with van der Waals surface area (Å²) in [7, 11) is 0. The fraction of sp³-hybridized carbons (Fsp3) is 0. The number of nitrogens with two attached hydrogens (primary N) is 1. The molecule has 2 rings (SSSR count). The summed E-state index contributed by atoms with van der Waals surface area (Å²) in [6, 6.07) is 3.59. The van der Waals surface area contributed by atoms with Gasteiger partial charge < -0.3 is 5.73 Å². The third-order valence-electron chi connectivity index (χ3n) is 2.16. The summed E-state index contributed by atoms with van der Waals surface area (Å²) < 4.78 is 13.0. The Labute approximate surface area is 116 Å². The van der Waals surface area contributed by atoms with E-state index in [0.717, 1.165) is 17.4 Å². The van der Waals surface area contributed by atoms with Crippen molar-refractivity contribution >= 4 is 39.9 Å². The van der Waals surface area contributed by atoms with Crippen molar-refractivity contribution < 1.29 is 14.0 Å². The topological polar surface area (TPSA) is 85.1 Å². The molecule has 1 aromatic heterocycles. The number of hydrogen-bond donors (Lipinski definition) is 2. The second kappa shape index (κ2) is 5.33. The molecule has 0 radical (unpaired) electrons. The van der Waals surface area contributed by atoms with Gasteiger partial charge in [-0.25, -0.2) is 9.37 Å². The Morgan fingerprint density at radius 3 is 2.74 bits per heavy atom. The van der Waals surface area contributed by atoms with Gasteiger partial charge in [-0.15, -0.1) is 11.3 Å². The molecule has 0 saturated heterocycles. The third kappa shape index (κ3) is 3.07. The fourth-order valence-electron chi connectivity index (χ4n) is 1.25. The van der Waals surface area contributed by atoms with Crippen LogP contribution in [0.1, 0.15) is 20.8 Å². The van der Waals surface area contributed by atoms with Crippen LogP contribution in [0, 0.1) is 5.82 Å². The number of nitrogens with zero attached hydrogens (tertiary/aromatic N) is 1. The summed E-state index contributed by atoms with van der Waals surface area (Å²) in [5.41, 5.74) is 5.29. The highest BCUT2D eigenvalue weighted by Crippen LogP contribution is 2.19. The molecule has 5 nitrogen and oxygen atoms in total. The van der Waals surface area contributed by atoms with Crippen LogP contribution in [0.25, 0.3) is 0 Å². The number of aromatic nitrogens is 1. The zero-order valence-corrected chi connectivity index (χ0v) is 10.9. The van der Waals surface area contributed by atoms with Crippen molar-refractivity contribution in [2.24, 2.45) is 5.73 Å². The zero-order valence-electron chi connectivity index (χ0n) is 9.31. The summed E-state index contributed by atoms with van der Waals surface area (Å²) >= 11 is 6.63. The van der Waals surface area contributed by atoms with E-state index in [9.17, 15) is 14.0 Å². The van der Waals surface area contributed by atoms with Crippen molar-refractivity contribution in [3.8, 4) is 0 Å². The van der Waals surface area contributed by atoms with Crippen molar-refractivity contribution in [1.29, 1.82) is 0 Å². The molecule has 19 heavy (non-hydrogen) atoms. The Bertz CT molecular complexity index is 659. The van der Waals surface area contributed by atoms with E-state index in [4.69, 9.17) is 17.3 Å². The van der Waals surface area contributed by atoms with Crippen LogP contribution < -0.4 is 11.1 Å². The molecule has 3 N–H and O–H groups in total. The lowest BCUT2D eigenvalue weighted by atomic mass is 10.2. The minimum Gasteiger partial charge on any atom is -0.364 e. The number of amides is 2. The molecule has 0 atom stereocenters. The summed E-state index contributed by atoms with van der Waals surface area (Å²) in [6.07, 6.45) is 0. The van der Waals surface area contributed by atoms with Crippen LogP contribution in [0.2, 0.25) is 5.02 Å². The summed E-state index contributed by atoms with van der Waals surface area (Å²) in [6.45, 7) is 0. The van der Waals surface area contributed by atoms with Crippen molar-refractivity contribution in [2.45, 2.75) is 0 Å². The van der Waals surface area contributed by atoms with E-state index in [1.807, 2.05) is 0 Å². The Morgan fingerprint density at radius 2 is 2.16 bits per heavy atom. The van der Waals surface area contributed by atoms with Crippen LogP contribution >= 0.6 is 22.9 Å². The van der Waals surface area contributed by atoms with Gasteiger partial charge in [0, 0.05) is 10.9 Å². The van der Waals surface area contributed by atoms with Crippen LogP contribution in [-0.4, -0.2) is 16.8 Å². The lowest BCUT2D eigenvalue weighted by Gasteiger charge is -2.02. The molecule has 0 unspecified atom stereocenters. The second-order valence-corrected chi connectivity index (χ2v) is 4.75. The molecule has 8 heteroatoms. The van der Waals surface area contributed by atoms with E-state index in [0.29, 0.717) is 0 Å². The Morgan fingerprint density at radius 1 is 1.42 bits per heavy atom. The van der Waals surface area contributed by atoms with E-state index < -0.39 is 17.6 Å². The fourth-order valence-corrected chi connectivity index (χ4v) is 2.13. The number of carbonyl (C=O) groups is 2. The highest BCUT2D eigenvalue weighted by Gasteiger charge is 2.12. The number of rotatable bonds is 3. The van der Waals surface area contributed by atoms with Gasteiger partial charge in [-0.2, -0.15) is 0 Å². The van der Waals surface area contributed by atoms with Crippen LogP contribution in [0.15, 0.2) is 23.6 Å². The first-order chi connectivity index (χ1) is 8.97. The third-order valence-corrected chi connectivity index (χ3v) is 3.21. The Balaban J connectivity index is 2.15. The Hall–Kier alpha value is -1.99. The van der Waals surface area contributed by atoms with Gasteiger partial charge in [-0.1, -0.05) is 11.6 Å². The zero-order chi connectivity index (χ0) is 14.0. The summed E-state index contributed by atoms with van der Waals surface area (Å²) in [5, 5.41) is 3.96. The molecule has 1 heterocycles. The number of halogens is 2. The van der Waals surface area contributed by atoms with E-state index >= 15 is 0 Å². The largest absolute Gasteiger partial charge is 0.364 e.